The van der Waals surface area contributed by atoms with E-state index in [9.17, 15) is 13.2 Å². The van der Waals surface area contributed by atoms with Gasteiger partial charge in [-0.2, -0.15) is 0 Å². The van der Waals surface area contributed by atoms with Crippen molar-refractivity contribution in [3.8, 4) is 0 Å². The van der Waals surface area contributed by atoms with E-state index in [1.807, 2.05) is 0 Å². The van der Waals surface area contributed by atoms with Gasteiger partial charge in [0.1, 0.15) is 0 Å². The predicted octanol–water partition coefficient (Wildman–Crippen LogP) is 2.19. The van der Waals surface area contributed by atoms with Crippen LogP contribution in [0.4, 0.5) is 0 Å². The van der Waals surface area contributed by atoms with E-state index in [0.717, 1.165) is 0 Å². The molecule has 0 aliphatic carbocycles. The first-order chi connectivity index (χ1) is 6.88. The van der Waals surface area contributed by atoms with Crippen molar-refractivity contribution in [2.75, 3.05) is 6.61 Å². The number of allylic oxidation sites excluding steroid dienone is 1. The van der Waals surface area contributed by atoms with Crippen LogP contribution in [0.2, 0.25) is 0 Å². The molecule has 0 aliphatic rings. The summed E-state index contributed by atoms with van der Waals surface area (Å²) in [5.74, 6) is -0.610. The van der Waals surface area contributed by atoms with Gasteiger partial charge in [-0.05, 0) is 19.8 Å². The first kappa shape index (κ1) is 14.5. The van der Waals surface area contributed by atoms with E-state index in [2.05, 4.69) is 0 Å². The van der Waals surface area contributed by atoms with Crippen LogP contribution in [0, 0.1) is 0 Å². The van der Waals surface area contributed by atoms with Crippen LogP contribution < -0.4 is 0 Å². The van der Waals surface area contributed by atoms with Crippen LogP contribution in [0.3, 0.4) is 0 Å². The second-order valence-electron chi connectivity index (χ2n) is 2.77. The standard InChI is InChI=1S/C9H15ClO4S/c1-4-7(9(11)14-6-3)8(5-2)15(10,12)13/h4-6H2,1-3H3/b8-7-. The molecular weight excluding hydrogens is 240 g/mol. The van der Waals surface area contributed by atoms with Crippen LogP contribution in [0.5, 0.6) is 0 Å². The third-order valence-corrected chi connectivity index (χ3v) is 3.51. The SMILES string of the molecule is CCOC(=O)/C(CC)=C(/CC)S(=O)(=O)Cl. The number of hydrogen-bond donors (Lipinski definition) is 0. The summed E-state index contributed by atoms with van der Waals surface area (Å²) in [6, 6.07) is 0. The first-order valence-electron chi connectivity index (χ1n) is 4.72. The molecule has 0 atom stereocenters. The number of esters is 1. The molecule has 0 radical (unpaired) electrons. The van der Waals surface area contributed by atoms with Crippen LogP contribution in [0.25, 0.3) is 0 Å². The third-order valence-electron chi connectivity index (χ3n) is 1.83. The highest BCUT2D eigenvalue weighted by molar-refractivity contribution is 8.16. The minimum Gasteiger partial charge on any atom is -0.463 e. The Bertz CT molecular complexity index is 356. The van der Waals surface area contributed by atoms with E-state index in [1.54, 1.807) is 20.8 Å². The summed E-state index contributed by atoms with van der Waals surface area (Å²) in [4.78, 5) is 11.4. The van der Waals surface area contributed by atoms with Crippen LogP contribution >= 0.6 is 10.7 Å². The minimum absolute atomic E-state index is 0.0508. The highest BCUT2D eigenvalue weighted by atomic mass is 35.7. The fraction of sp³-hybridized carbons (Fsp3) is 0.667. The molecule has 0 bridgehead atoms. The van der Waals surface area contributed by atoms with Crippen molar-refractivity contribution in [1.29, 1.82) is 0 Å². The zero-order chi connectivity index (χ0) is 12.1. The molecule has 0 spiro atoms. The largest absolute Gasteiger partial charge is 0.463 e. The average Bonchev–Trinajstić information content (AvgIpc) is 2.11. The number of hydrogen-bond acceptors (Lipinski definition) is 4. The van der Waals surface area contributed by atoms with E-state index in [0.29, 0.717) is 0 Å². The second-order valence-corrected chi connectivity index (χ2v) is 5.35. The maximum absolute atomic E-state index is 11.4. The molecule has 88 valence electrons. The molecule has 0 heterocycles. The van der Waals surface area contributed by atoms with Gasteiger partial charge < -0.3 is 4.74 Å². The number of carbonyl (C=O) groups is 1. The lowest BCUT2D eigenvalue weighted by Gasteiger charge is -2.08. The highest BCUT2D eigenvalue weighted by Crippen LogP contribution is 2.23. The van der Waals surface area contributed by atoms with Crippen LogP contribution in [-0.4, -0.2) is 21.0 Å². The third kappa shape index (κ3) is 4.22. The summed E-state index contributed by atoms with van der Waals surface area (Å²) in [5, 5.41) is 0. The Morgan fingerprint density at radius 1 is 1.20 bits per heavy atom. The molecule has 4 nitrogen and oxygen atoms in total. The summed E-state index contributed by atoms with van der Waals surface area (Å²) in [5.41, 5.74) is 0.134. The van der Waals surface area contributed by atoms with Crippen molar-refractivity contribution in [3.05, 3.63) is 10.5 Å². The molecule has 0 saturated heterocycles. The predicted molar refractivity (Wildman–Crippen MR) is 59.0 cm³/mol. The summed E-state index contributed by atoms with van der Waals surface area (Å²) in [6.07, 6.45) is 0.474. The minimum atomic E-state index is -3.84. The number of ether oxygens (including phenoxy) is 1. The van der Waals surface area contributed by atoms with Gasteiger partial charge in [-0.1, -0.05) is 13.8 Å². The number of carbonyl (C=O) groups excluding carboxylic acids is 1. The van der Waals surface area contributed by atoms with Crippen LogP contribution in [0.1, 0.15) is 33.6 Å². The van der Waals surface area contributed by atoms with E-state index >= 15 is 0 Å². The number of rotatable bonds is 5. The van der Waals surface area contributed by atoms with Crippen molar-refractivity contribution in [2.45, 2.75) is 33.6 Å². The molecule has 0 saturated carbocycles. The van der Waals surface area contributed by atoms with Gasteiger partial charge in [-0.3, -0.25) is 0 Å². The second kappa shape index (κ2) is 6.12. The molecule has 15 heavy (non-hydrogen) atoms. The van der Waals surface area contributed by atoms with Gasteiger partial charge in [0, 0.05) is 10.7 Å². The molecule has 0 unspecified atom stereocenters. The van der Waals surface area contributed by atoms with Crippen molar-refractivity contribution < 1.29 is 17.9 Å². The summed E-state index contributed by atoms with van der Waals surface area (Å²) in [6.45, 7) is 5.18. The topological polar surface area (TPSA) is 60.4 Å². The summed E-state index contributed by atoms with van der Waals surface area (Å²) < 4.78 is 27.1. The first-order valence-corrected chi connectivity index (χ1v) is 7.03. The molecule has 0 aromatic rings. The van der Waals surface area contributed by atoms with Gasteiger partial charge in [0.15, 0.2) is 0 Å². The van der Waals surface area contributed by atoms with E-state index in [1.165, 1.54) is 0 Å². The van der Waals surface area contributed by atoms with Gasteiger partial charge in [-0.25, -0.2) is 13.2 Å². The molecule has 0 amide bonds. The Kier molecular flexibility index (Phi) is 5.90. The Labute approximate surface area is 94.7 Å². The van der Waals surface area contributed by atoms with Crippen molar-refractivity contribution in [1.82, 2.24) is 0 Å². The smallest absolute Gasteiger partial charge is 0.335 e. The fourth-order valence-electron chi connectivity index (χ4n) is 1.21. The molecule has 0 aromatic heterocycles. The zero-order valence-electron chi connectivity index (χ0n) is 9.04. The maximum atomic E-state index is 11.4. The lowest BCUT2D eigenvalue weighted by Crippen LogP contribution is -2.12. The zero-order valence-corrected chi connectivity index (χ0v) is 10.6. The summed E-state index contributed by atoms with van der Waals surface area (Å²) >= 11 is 0. The lowest BCUT2D eigenvalue weighted by molar-refractivity contribution is -0.138. The number of halogens is 1. The van der Waals surface area contributed by atoms with Crippen molar-refractivity contribution in [2.24, 2.45) is 0 Å². The molecule has 0 fully saturated rings. The van der Waals surface area contributed by atoms with Gasteiger partial charge in [0.25, 0.3) is 9.05 Å². The van der Waals surface area contributed by atoms with E-state index in [-0.39, 0.29) is 29.9 Å². The Hall–Kier alpha value is -0.550. The van der Waals surface area contributed by atoms with E-state index < -0.39 is 15.0 Å². The van der Waals surface area contributed by atoms with Crippen LogP contribution in [0.15, 0.2) is 10.5 Å². The molecule has 6 heteroatoms. The molecule has 0 N–H and O–H groups in total. The van der Waals surface area contributed by atoms with Gasteiger partial charge in [0.2, 0.25) is 0 Å². The highest BCUT2D eigenvalue weighted by Gasteiger charge is 2.22. The van der Waals surface area contributed by atoms with Crippen molar-refractivity contribution >= 4 is 25.7 Å². The fourth-order valence-corrected chi connectivity index (χ4v) is 2.68. The molecule has 0 aromatic carbocycles. The molecule has 0 aliphatic heterocycles. The lowest BCUT2D eigenvalue weighted by atomic mass is 10.2. The average molecular weight is 255 g/mol. The monoisotopic (exact) mass is 254 g/mol. The van der Waals surface area contributed by atoms with Gasteiger partial charge >= 0.3 is 5.97 Å². The van der Waals surface area contributed by atoms with Crippen LogP contribution in [-0.2, 0) is 18.6 Å². The Morgan fingerprint density at radius 2 is 1.73 bits per heavy atom. The Morgan fingerprint density at radius 3 is 2.00 bits per heavy atom. The van der Waals surface area contributed by atoms with E-state index in [4.69, 9.17) is 15.4 Å². The molecule has 0 rings (SSSR count). The quantitative estimate of drug-likeness (QED) is 0.429. The maximum Gasteiger partial charge on any atom is 0.335 e. The Balaban J connectivity index is 5.36. The van der Waals surface area contributed by atoms with Crippen molar-refractivity contribution in [3.63, 3.8) is 0 Å². The normalized spacial score (nSPS) is 13.3. The van der Waals surface area contributed by atoms with Gasteiger partial charge in [0.05, 0.1) is 17.1 Å². The van der Waals surface area contributed by atoms with Gasteiger partial charge in [-0.15, -0.1) is 0 Å². The summed E-state index contributed by atoms with van der Waals surface area (Å²) in [7, 11) is 1.39. The molecular formula is C9H15ClO4S.